The van der Waals surface area contributed by atoms with E-state index < -0.39 is 0 Å². The summed E-state index contributed by atoms with van der Waals surface area (Å²) in [7, 11) is 0. The van der Waals surface area contributed by atoms with Gasteiger partial charge in [-0.15, -0.1) is 0 Å². The van der Waals surface area contributed by atoms with E-state index in [1.807, 2.05) is 0 Å². The van der Waals surface area contributed by atoms with Crippen LogP contribution in [0.3, 0.4) is 0 Å². The van der Waals surface area contributed by atoms with Gasteiger partial charge >= 0.3 is 0 Å². The van der Waals surface area contributed by atoms with Gasteiger partial charge in [-0.05, 0) is 19.3 Å². The molecule has 0 aromatic heterocycles. The number of hydrogen-bond donors (Lipinski definition) is 1. The summed E-state index contributed by atoms with van der Waals surface area (Å²) < 4.78 is 0. The smallest absolute Gasteiger partial charge is 0.207 e. The molecule has 0 unspecified atom stereocenters. The SMILES string of the molecule is CCC1(NC=O)CCCCC1. The molecule has 0 aromatic rings. The van der Waals surface area contributed by atoms with Crippen LogP contribution in [-0.4, -0.2) is 11.9 Å². The highest BCUT2D eigenvalue weighted by molar-refractivity contribution is 5.48. The molecule has 1 aliphatic carbocycles. The van der Waals surface area contributed by atoms with Gasteiger partial charge in [0.15, 0.2) is 0 Å². The van der Waals surface area contributed by atoms with E-state index in [0.717, 1.165) is 12.8 Å². The molecule has 0 bridgehead atoms. The van der Waals surface area contributed by atoms with E-state index in [-0.39, 0.29) is 5.54 Å². The number of carbonyl (C=O) groups is 1. The molecule has 0 saturated heterocycles. The van der Waals surface area contributed by atoms with Gasteiger partial charge in [-0.25, -0.2) is 0 Å². The topological polar surface area (TPSA) is 29.1 Å². The summed E-state index contributed by atoms with van der Waals surface area (Å²) >= 11 is 0. The number of rotatable bonds is 3. The van der Waals surface area contributed by atoms with Gasteiger partial charge < -0.3 is 5.32 Å². The third kappa shape index (κ3) is 1.95. The summed E-state index contributed by atoms with van der Waals surface area (Å²) in [6.07, 6.45) is 8.15. The highest BCUT2D eigenvalue weighted by Gasteiger charge is 2.28. The first-order chi connectivity index (χ1) is 5.33. The van der Waals surface area contributed by atoms with Crippen molar-refractivity contribution in [3.63, 3.8) is 0 Å². The van der Waals surface area contributed by atoms with Crippen molar-refractivity contribution in [2.24, 2.45) is 0 Å². The van der Waals surface area contributed by atoms with Crippen LogP contribution < -0.4 is 5.32 Å². The standard InChI is InChI=1S/C9H17NO/c1-2-9(10-8-11)6-4-3-5-7-9/h8H,2-7H2,1H3,(H,10,11). The quantitative estimate of drug-likeness (QED) is 0.619. The number of amides is 1. The van der Waals surface area contributed by atoms with Gasteiger partial charge in [0.25, 0.3) is 0 Å². The fourth-order valence-electron chi connectivity index (χ4n) is 1.95. The summed E-state index contributed by atoms with van der Waals surface area (Å²) in [5, 5.41) is 2.97. The second kappa shape index (κ2) is 3.74. The van der Waals surface area contributed by atoms with Gasteiger partial charge in [0.2, 0.25) is 6.41 Å². The maximum atomic E-state index is 10.3. The predicted octanol–water partition coefficient (Wildman–Crippen LogP) is 1.85. The molecular weight excluding hydrogens is 138 g/mol. The van der Waals surface area contributed by atoms with E-state index in [0.29, 0.717) is 0 Å². The molecule has 1 rings (SSSR count). The van der Waals surface area contributed by atoms with E-state index in [1.54, 1.807) is 0 Å². The third-order valence-corrected chi connectivity index (χ3v) is 2.85. The maximum absolute atomic E-state index is 10.3. The number of carbonyl (C=O) groups excluding carboxylic acids is 1. The normalized spacial score (nSPS) is 22.6. The van der Waals surface area contributed by atoms with Crippen molar-refractivity contribution in [2.45, 2.75) is 51.0 Å². The Morgan fingerprint density at radius 3 is 2.45 bits per heavy atom. The van der Waals surface area contributed by atoms with Crippen molar-refractivity contribution in [3.05, 3.63) is 0 Å². The van der Waals surface area contributed by atoms with Crippen molar-refractivity contribution >= 4 is 6.41 Å². The van der Waals surface area contributed by atoms with Crippen LogP contribution in [0.2, 0.25) is 0 Å². The number of nitrogens with one attached hydrogen (secondary N) is 1. The Balaban J connectivity index is 2.49. The monoisotopic (exact) mass is 155 g/mol. The molecule has 1 amide bonds. The van der Waals surface area contributed by atoms with E-state index >= 15 is 0 Å². The third-order valence-electron chi connectivity index (χ3n) is 2.85. The van der Waals surface area contributed by atoms with Crippen molar-refractivity contribution in [1.29, 1.82) is 0 Å². The zero-order valence-electron chi connectivity index (χ0n) is 7.23. The zero-order valence-corrected chi connectivity index (χ0v) is 7.23. The first kappa shape index (κ1) is 8.57. The van der Waals surface area contributed by atoms with Crippen LogP contribution >= 0.6 is 0 Å². The van der Waals surface area contributed by atoms with Gasteiger partial charge in [0, 0.05) is 5.54 Å². The second-order valence-corrected chi connectivity index (χ2v) is 3.46. The van der Waals surface area contributed by atoms with Crippen molar-refractivity contribution in [3.8, 4) is 0 Å². The highest BCUT2D eigenvalue weighted by Crippen LogP contribution is 2.30. The molecule has 0 aliphatic heterocycles. The van der Waals surface area contributed by atoms with Crippen LogP contribution in [0.5, 0.6) is 0 Å². The molecule has 64 valence electrons. The lowest BCUT2D eigenvalue weighted by atomic mass is 9.80. The molecule has 1 fully saturated rings. The molecule has 2 heteroatoms. The average molecular weight is 155 g/mol. The van der Waals surface area contributed by atoms with Gasteiger partial charge in [-0.3, -0.25) is 4.79 Å². The highest BCUT2D eigenvalue weighted by atomic mass is 16.1. The van der Waals surface area contributed by atoms with E-state index in [2.05, 4.69) is 12.2 Å². The Morgan fingerprint density at radius 1 is 1.36 bits per heavy atom. The van der Waals surface area contributed by atoms with Crippen LogP contribution in [0, 0.1) is 0 Å². The fraction of sp³-hybridized carbons (Fsp3) is 0.889. The van der Waals surface area contributed by atoms with E-state index in [4.69, 9.17) is 0 Å². The Bertz CT molecular complexity index is 128. The summed E-state index contributed by atoms with van der Waals surface area (Å²) in [6.45, 7) is 2.15. The van der Waals surface area contributed by atoms with Crippen LogP contribution in [0.15, 0.2) is 0 Å². The van der Waals surface area contributed by atoms with Crippen molar-refractivity contribution < 1.29 is 4.79 Å². The summed E-state index contributed by atoms with van der Waals surface area (Å²) in [6, 6.07) is 0. The minimum absolute atomic E-state index is 0.153. The van der Waals surface area contributed by atoms with E-state index in [1.165, 1.54) is 32.1 Å². The second-order valence-electron chi connectivity index (χ2n) is 3.46. The molecule has 0 aromatic carbocycles. The van der Waals surface area contributed by atoms with Crippen LogP contribution in [0.25, 0.3) is 0 Å². The lowest BCUT2D eigenvalue weighted by Crippen LogP contribution is -2.45. The van der Waals surface area contributed by atoms with Gasteiger partial charge in [0.1, 0.15) is 0 Å². The molecule has 1 saturated carbocycles. The summed E-state index contributed by atoms with van der Waals surface area (Å²) in [4.78, 5) is 10.3. The van der Waals surface area contributed by atoms with Gasteiger partial charge in [0.05, 0.1) is 0 Å². The van der Waals surface area contributed by atoms with Crippen molar-refractivity contribution in [2.75, 3.05) is 0 Å². The fourth-order valence-corrected chi connectivity index (χ4v) is 1.95. The average Bonchev–Trinajstić information content (AvgIpc) is 2.07. The molecule has 0 heterocycles. The largest absolute Gasteiger partial charge is 0.353 e. The van der Waals surface area contributed by atoms with Crippen molar-refractivity contribution in [1.82, 2.24) is 5.32 Å². The minimum Gasteiger partial charge on any atom is -0.353 e. The maximum Gasteiger partial charge on any atom is 0.207 e. The summed E-state index contributed by atoms with van der Waals surface area (Å²) in [5.74, 6) is 0. The molecule has 2 nitrogen and oxygen atoms in total. The Hall–Kier alpha value is -0.530. The van der Waals surface area contributed by atoms with Crippen LogP contribution in [-0.2, 0) is 4.79 Å². The van der Waals surface area contributed by atoms with Crippen LogP contribution in [0.4, 0.5) is 0 Å². The zero-order chi connectivity index (χ0) is 8.16. The summed E-state index contributed by atoms with van der Waals surface area (Å²) in [5.41, 5.74) is 0.153. The predicted molar refractivity (Wildman–Crippen MR) is 45.3 cm³/mol. The molecule has 1 N–H and O–H groups in total. The molecule has 0 radical (unpaired) electrons. The van der Waals surface area contributed by atoms with E-state index in [9.17, 15) is 4.79 Å². The molecule has 0 spiro atoms. The first-order valence-corrected chi connectivity index (χ1v) is 4.54. The van der Waals surface area contributed by atoms with Gasteiger partial charge in [-0.2, -0.15) is 0 Å². The minimum atomic E-state index is 0.153. The molecule has 11 heavy (non-hydrogen) atoms. The first-order valence-electron chi connectivity index (χ1n) is 4.54. The molecule has 1 aliphatic rings. The van der Waals surface area contributed by atoms with Crippen LogP contribution in [0.1, 0.15) is 45.4 Å². The Morgan fingerprint density at radius 2 is 2.00 bits per heavy atom. The van der Waals surface area contributed by atoms with Gasteiger partial charge in [-0.1, -0.05) is 26.2 Å². The lowest BCUT2D eigenvalue weighted by molar-refractivity contribution is -0.111. The number of hydrogen-bond acceptors (Lipinski definition) is 1. The lowest BCUT2D eigenvalue weighted by Gasteiger charge is -2.35. The Kier molecular flexibility index (Phi) is 2.92. The molecule has 0 atom stereocenters. The Labute approximate surface area is 68.4 Å². The molecular formula is C9H17NO.